The van der Waals surface area contributed by atoms with Crippen molar-refractivity contribution in [2.24, 2.45) is 0 Å². The van der Waals surface area contributed by atoms with Crippen LogP contribution in [-0.4, -0.2) is 15.5 Å². The highest BCUT2D eigenvalue weighted by Crippen LogP contribution is 2.03. The normalized spacial score (nSPS) is 9.50. The fraction of sp³-hybridized carbons (Fsp3) is 0.200. The molecule has 74 valence electrons. The minimum absolute atomic E-state index is 0.358. The maximum absolute atomic E-state index is 11.1. The molecule has 4 heteroatoms. The van der Waals surface area contributed by atoms with Crippen LogP contribution < -0.4 is 0 Å². The van der Waals surface area contributed by atoms with Gasteiger partial charge in [-0.1, -0.05) is 13.2 Å². The van der Waals surface area contributed by atoms with Crippen LogP contribution in [0.1, 0.15) is 6.92 Å². The number of nitrogens with zero attached hydrogens (tertiary/aromatic N) is 2. The standard InChI is InChI=1S/C10H12N2O2/c1-8(2)10(13)14-9(3)6-12-5-4-11-7-12/h4-5,7H,1,3,6H2,2H3. The summed E-state index contributed by atoms with van der Waals surface area (Å²) in [6.07, 6.45) is 5.04. The van der Waals surface area contributed by atoms with Gasteiger partial charge < -0.3 is 9.30 Å². The van der Waals surface area contributed by atoms with E-state index in [-0.39, 0.29) is 0 Å². The van der Waals surface area contributed by atoms with Crippen LogP contribution in [0.4, 0.5) is 0 Å². The van der Waals surface area contributed by atoms with Crippen LogP contribution in [0.15, 0.2) is 43.2 Å². The average molecular weight is 192 g/mol. The van der Waals surface area contributed by atoms with Gasteiger partial charge in [0.1, 0.15) is 5.76 Å². The number of carbonyl (C=O) groups excluding carboxylic acids is 1. The summed E-state index contributed by atoms with van der Waals surface area (Å²) < 4.78 is 6.66. The van der Waals surface area contributed by atoms with Crippen molar-refractivity contribution in [2.75, 3.05) is 0 Å². The third kappa shape index (κ3) is 2.90. The third-order valence-corrected chi connectivity index (χ3v) is 1.50. The van der Waals surface area contributed by atoms with Gasteiger partial charge in [0.2, 0.25) is 0 Å². The van der Waals surface area contributed by atoms with Crippen LogP contribution in [-0.2, 0) is 16.1 Å². The van der Waals surface area contributed by atoms with E-state index in [9.17, 15) is 4.79 Å². The summed E-state index contributed by atoms with van der Waals surface area (Å²) in [5.74, 6) is -0.0777. The summed E-state index contributed by atoms with van der Waals surface area (Å²) in [5, 5.41) is 0. The molecule has 0 saturated carbocycles. The molecule has 0 aliphatic carbocycles. The SMILES string of the molecule is C=C(Cn1ccnc1)OC(=O)C(=C)C. The Morgan fingerprint density at radius 3 is 2.79 bits per heavy atom. The number of esters is 1. The van der Waals surface area contributed by atoms with Crippen LogP contribution in [0.3, 0.4) is 0 Å². The second-order valence-corrected chi connectivity index (χ2v) is 2.94. The lowest BCUT2D eigenvalue weighted by atomic mass is 10.4. The van der Waals surface area contributed by atoms with E-state index in [0.29, 0.717) is 17.9 Å². The van der Waals surface area contributed by atoms with Gasteiger partial charge in [0, 0.05) is 18.0 Å². The van der Waals surface area contributed by atoms with Gasteiger partial charge in [-0.25, -0.2) is 9.78 Å². The predicted molar refractivity (Wildman–Crippen MR) is 52.3 cm³/mol. The molecule has 0 bridgehead atoms. The Balaban J connectivity index is 2.44. The minimum Gasteiger partial charge on any atom is -0.426 e. The first-order chi connectivity index (χ1) is 6.59. The highest BCUT2D eigenvalue weighted by molar-refractivity contribution is 5.87. The van der Waals surface area contributed by atoms with Gasteiger partial charge in [0.25, 0.3) is 0 Å². The molecule has 1 rings (SSSR count). The van der Waals surface area contributed by atoms with Crippen molar-refractivity contribution in [2.45, 2.75) is 13.5 Å². The molecule has 0 spiro atoms. The smallest absolute Gasteiger partial charge is 0.338 e. The average Bonchev–Trinajstić information content (AvgIpc) is 2.56. The second-order valence-electron chi connectivity index (χ2n) is 2.94. The van der Waals surface area contributed by atoms with Gasteiger partial charge in [0.15, 0.2) is 0 Å². The molecular weight excluding hydrogens is 180 g/mol. The van der Waals surface area contributed by atoms with Crippen LogP contribution in [0.25, 0.3) is 0 Å². The lowest BCUT2D eigenvalue weighted by Gasteiger charge is -2.07. The fourth-order valence-electron chi connectivity index (χ4n) is 0.834. The zero-order valence-corrected chi connectivity index (χ0v) is 8.06. The van der Waals surface area contributed by atoms with E-state index < -0.39 is 5.97 Å². The lowest BCUT2D eigenvalue weighted by molar-refractivity contribution is -0.135. The Morgan fingerprint density at radius 2 is 2.29 bits per heavy atom. The molecule has 0 radical (unpaired) electrons. The first kappa shape index (κ1) is 10.2. The molecule has 0 aliphatic heterocycles. The Morgan fingerprint density at radius 1 is 1.57 bits per heavy atom. The Kier molecular flexibility index (Phi) is 3.23. The highest BCUT2D eigenvalue weighted by Gasteiger charge is 2.05. The van der Waals surface area contributed by atoms with Crippen molar-refractivity contribution in [1.82, 2.24) is 9.55 Å². The van der Waals surface area contributed by atoms with Crippen LogP contribution in [0.5, 0.6) is 0 Å². The van der Waals surface area contributed by atoms with Crippen molar-refractivity contribution >= 4 is 5.97 Å². The number of hydrogen-bond donors (Lipinski definition) is 0. The largest absolute Gasteiger partial charge is 0.426 e. The first-order valence-electron chi connectivity index (χ1n) is 4.11. The van der Waals surface area contributed by atoms with E-state index in [2.05, 4.69) is 18.1 Å². The summed E-state index contributed by atoms with van der Waals surface area (Å²) in [4.78, 5) is 14.9. The molecule has 4 nitrogen and oxygen atoms in total. The van der Waals surface area contributed by atoms with E-state index >= 15 is 0 Å². The van der Waals surface area contributed by atoms with E-state index in [0.717, 1.165) is 0 Å². The number of carbonyl (C=O) groups is 1. The molecule has 1 aromatic rings. The van der Waals surface area contributed by atoms with Crippen LogP contribution >= 0.6 is 0 Å². The Bertz CT molecular complexity index is 352. The Hall–Kier alpha value is -1.84. The van der Waals surface area contributed by atoms with Gasteiger partial charge in [0.05, 0.1) is 12.9 Å². The molecule has 0 fully saturated rings. The predicted octanol–water partition coefficient (Wildman–Crippen LogP) is 1.52. The molecule has 0 unspecified atom stereocenters. The van der Waals surface area contributed by atoms with E-state index in [1.807, 2.05) is 0 Å². The van der Waals surface area contributed by atoms with Crippen molar-refractivity contribution in [3.05, 3.63) is 43.2 Å². The van der Waals surface area contributed by atoms with Crippen molar-refractivity contribution in [3.8, 4) is 0 Å². The first-order valence-corrected chi connectivity index (χ1v) is 4.11. The van der Waals surface area contributed by atoms with Gasteiger partial charge in [-0.05, 0) is 6.92 Å². The maximum Gasteiger partial charge on any atom is 0.338 e. The zero-order valence-electron chi connectivity index (χ0n) is 8.06. The van der Waals surface area contributed by atoms with Crippen molar-refractivity contribution in [3.63, 3.8) is 0 Å². The highest BCUT2D eigenvalue weighted by atomic mass is 16.5. The summed E-state index contributed by atoms with van der Waals surface area (Å²) in [5.41, 5.74) is 0.358. The van der Waals surface area contributed by atoms with E-state index in [1.54, 1.807) is 30.2 Å². The number of rotatable bonds is 4. The monoisotopic (exact) mass is 192 g/mol. The number of allylic oxidation sites excluding steroid dienone is 1. The number of hydrogen-bond acceptors (Lipinski definition) is 3. The summed E-state index contributed by atoms with van der Waals surface area (Å²) in [6.45, 7) is 9.10. The van der Waals surface area contributed by atoms with Gasteiger partial charge in [-0.2, -0.15) is 0 Å². The summed E-state index contributed by atoms with van der Waals surface area (Å²) >= 11 is 0. The molecule has 0 aliphatic rings. The molecule has 0 aromatic carbocycles. The van der Waals surface area contributed by atoms with E-state index in [1.165, 1.54) is 0 Å². The van der Waals surface area contributed by atoms with Crippen molar-refractivity contribution < 1.29 is 9.53 Å². The van der Waals surface area contributed by atoms with Crippen molar-refractivity contribution in [1.29, 1.82) is 0 Å². The van der Waals surface area contributed by atoms with Crippen LogP contribution in [0, 0.1) is 0 Å². The fourth-order valence-corrected chi connectivity index (χ4v) is 0.834. The summed E-state index contributed by atoms with van der Waals surface area (Å²) in [7, 11) is 0. The Labute approximate surface area is 82.5 Å². The summed E-state index contributed by atoms with van der Waals surface area (Å²) in [6, 6.07) is 0. The maximum atomic E-state index is 11.1. The zero-order chi connectivity index (χ0) is 10.6. The molecule has 1 heterocycles. The number of ether oxygens (including phenoxy) is 1. The molecule has 1 aromatic heterocycles. The molecule has 0 N–H and O–H groups in total. The molecular formula is C10H12N2O2. The van der Waals surface area contributed by atoms with Gasteiger partial charge >= 0.3 is 5.97 Å². The molecule has 14 heavy (non-hydrogen) atoms. The second kappa shape index (κ2) is 4.41. The molecule has 0 amide bonds. The van der Waals surface area contributed by atoms with Gasteiger partial charge in [-0.3, -0.25) is 0 Å². The number of imidazole rings is 1. The van der Waals surface area contributed by atoms with Gasteiger partial charge in [-0.15, -0.1) is 0 Å². The quantitative estimate of drug-likeness (QED) is 0.412. The molecule has 0 atom stereocenters. The molecule has 0 saturated heterocycles. The minimum atomic E-state index is -0.449. The topological polar surface area (TPSA) is 44.1 Å². The number of aromatic nitrogens is 2. The lowest BCUT2D eigenvalue weighted by Crippen LogP contribution is -2.08. The van der Waals surface area contributed by atoms with Crippen LogP contribution in [0.2, 0.25) is 0 Å². The van der Waals surface area contributed by atoms with E-state index in [4.69, 9.17) is 4.74 Å². The third-order valence-electron chi connectivity index (χ3n) is 1.50.